The Kier molecular flexibility index (Phi) is 5.94. The van der Waals surface area contributed by atoms with Crippen molar-refractivity contribution in [1.29, 1.82) is 0 Å². The highest BCUT2D eigenvalue weighted by Gasteiger charge is 2.45. The number of allylic oxidation sites excluding steroid dienone is 1. The van der Waals surface area contributed by atoms with Crippen LogP contribution in [0, 0.1) is 17.8 Å². The van der Waals surface area contributed by atoms with Gasteiger partial charge in [-0.15, -0.1) is 29.8 Å². The van der Waals surface area contributed by atoms with E-state index in [0.29, 0.717) is 12.0 Å². The van der Waals surface area contributed by atoms with Gasteiger partial charge in [0, 0.05) is 11.3 Å². The van der Waals surface area contributed by atoms with Crippen molar-refractivity contribution in [1.82, 2.24) is 0 Å². The van der Waals surface area contributed by atoms with Gasteiger partial charge in [0.15, 0.2) is 0 Å². The maximum atomic E-state index is 12.4. The lowest BCUT2D eigenvalue weighted by Crippen LogP contribution is -2.49. The van der Waals surface area contributed by atoms with Crippen molar-refractivity contribution in [2.75, 3.05) is 0 Å². The summed E-state index contributed by atoms with van der Waals surface area (Å²) in [4.78, 5) is 12.4. The fraction of sp³-hybridized carbons (Fsp3) is 0.500. The highest BCUT2D eigenvalue weighted by molar-refractivity contribution is 6.24. The van der Waals surface area contributed by atoms with Gasteiger partial charge in [-0.05, 0) is 30.4 Å². The number of rotatable bonds is 4. The van der Waals surface area contributed by atoms with Crippen molar-refractivity contribution in [2.45, 2.75) is 37.1 Å². The molecule has 0 saturated heterocycles. The van der Waals surface area contributed by atoms with Crippen molar-refractivity contribution in [2.24, 2.45) is 17.8 Å². The average molecular weight is 341 g/mol. The first-order chi connectivity index (χ1) is 10.5. The first-order valence-electron chi connectivity index (χ1n) is 7.62. The van der Waals surface area contributed by atoms with Gasteiger partial charge in [-0.1, -0.05) is 38.1 Å². The molecule has 6 atom stereocenters. The number of carbonyl (C=O) groups is 1. The number of hydrogen-bond acceptors (Lipinski definition) is 2. The van der Waals surface area contributed by atoms with Gasteiger partial charge in [0.25, 0.3) is 0 Å². The minimum Gasteiger partial charge on any atom is -0.457 e. The Morgan fingerprint density at radius 2 is 1.95 bits per heavy atom. The molecular formula is C18H22Cl2O2. The normalized spacial score (nSPS) is 33.0. The summed E-state index contributed by atoms with van der Waals surface area (Å²) in [6.45, 7) is 8.02. The molecule has 2 rings (SSSR count). The van der Waals surface area contributed by atoms with E-state index in [4.69, 9.17) is 27.9 Å². The van der Waals surface area contributed by atoms with Crippen LogP contribution in [0.2, 0.25) is 0 Å². The molecule has 0 N–H and O–H groups in total. The third-order valence-electron chi connectivity index (χ3n) is 4.60. The number of esters is 1. The third-order valence-corrected chi connectivity index (χ3v) is 5.60. The highest BCUT2D eigenvalue weighted by atomic mass is 35.5. The SMILES string of the molecule is C=CC(C)C1C(C)C(Cl)CC(Cl)C1OC(=O)c1ccccc1. The first-order valence-corrected chi connectivity index (χ1v) is 8.49. The predicted molar refractivity (Wildman–Crippen MR) is 91.6 cm³/mol. The van der Waals surface area contributed by atoms with Crippen LogP contribution in [0.1, 0.15) is 30.6 Å². The van der Waals surface area contributed by atoms with Gasteiger partial charge in [0.2, 0.25) is 0 Å². The topological polar surface area (TPSA) is 26.3 Å². The molecule has 0 heterocycles. The van der Waals surface area contributed by atoms with E-state index in [-0.39, 0.29) is 40.6 Å². The van der Waals surface area contributed by atoms with Crippen molar-refractivity contribution >= 4 is 29.2 Å². The molecule has 6 unspecified atom stereocenters. The van der Waals surface area contributed by atoms with Crippen molar-refractivity contribution < 1.29 is 9.53 Å². The number of ether oxygens (including phenoxy) is 1. The van der Waals surface area contributed by atoms with E-state index in [9.17, 15) is 4.79 Å². The molecular weight excluding hydrogens is 319 g/mol. The minimum absolute atomic E-state index is 0.0124. The largest absolute Gasteiger partial charge is 0.457 e. The summed E-state index contributed by atoms with van der Waals surface area (Å²) in [6, 6.07) is 8.99. The molecule has 1 aliphatic carbocycles. The Balaban J connectivity index is 2.21. The van der Waals surface area contributed by atoms with Gasteiger partial charge in [0.05, 0.1) is 10.9 Å². The van der Waals surface area contributed by atoms with E-state index in [1.165, 1.54) is 0 Å². The molecule has 22 heavy (non-hydrogen) atoms. The van der Waals surface area contributed by atoms with E-state index in [0.717, 1.165) is 0 Å². The van der Waals surface area contributed by atoms with E-state index in [2.05, 4.69) is 20.4 Å². The van der Waals surface area contributed by atoms with Gasteiger partial charge < -0.3 is 4.74 Å². The van der Waals surface area contributed by atoms with Gasteiger partial charge in [-0.2, -0.15) is 0 Å². The molecule has 0 bridgehead atoms. The molecule has 1 aromatic rings. The standard InChI is InChI=1S/C18H22Cl2O2/c1-4-11(2)16-12(3)14(19)10-15(20)17(16)22-18(21)13-8-6-5-7-9-13/h4-9,11-12,14-17H,1,10H2,2-3H3. The van der Waals surface area contributed by atoms with E-state index in [1.807, 2.05) is 24.3 Å². The molecule has 4 heteroatoms. The second kappa shape index (κ2) is 7.52. The third kappa shape index (κ3) is 3.67. The number of benzene rings is 1. The van der Waals surface area contributed by atoms with Gasteiger partial charge in [-0.3, -0.25) is 0 Å². The molecule has 1 saturated carbocycles. The zero-order valence-corrected chi connectivity index (χ0v) is 14.4. The average Bonchev–Trinajstić information content (AvgIpc) is 2.53. The molecule has 1 aromatic carbocycles. The van der Waals surface area contributed by atoms with E-state index >= 15 is 0 Å². The number of alkyl halides is 2. The minimum atomic E-state index is -0.354. The fourth-order valence-corrected chi connectivity index (χ4v) is 4.06. The number of halogens is 2. The lowest BCUT2D eigenvalue weighted by Gasteiger charge is -2.43. The summed E-state index contributed by atoms with van der Waals surface area (Å²) in [5, 5.41) is -0.291. The zero-order chi connectivity index (χ0) is 16.3. The Morgan fingerprint density at radius 3 is 2.55 bits per heavy atom. The van der Waals surface area contributed by atoms with E-state index in [1.54, 1.807) is 12.1 Å². The summed E-state index contributed by atoms with van der Waals surface area (Å²) >= 11 is 12.9. The monoisotopic (exact) mass is 340 g/mol. The summed E-state index contributed by atoms with van der Waals surface area (Å²) in [6.07, 6.45) is 2.16. The van der Waals surface area contributed by atoms with Crippen LogP contribution < -0.4 is 0 Å². The van der Waals surface area contributed by atoms with Crippen molar-refractivity contribution in [3.8, 4) is 0 Å². The van der Waals surface area contributed by atoms with Gasteiger partial charge in [0.1, 0.15) is 6.10 Å². The Bertz CT molecular complexity index is 517. The number of hydrogen-bond donors (Lipinski definition) is 0. The predicted octanol–water partition coefficient (Wildman–Crippen LogP) is 4.90. The van der Waals surface area contributed by atoms with Crippen molar-refractivity contribution in [3.63, 3.8) is 0 Å². The molecule has 0 radical (unpaired) electrons. The molecule has 0 spiro atoms. The summed E-state index contributed by atoms with van der Waals surface area (Å²) in [5.41, 5.74) is 0.539. The van der Waals surface area contributed by atoms with Crippen LogP contribution >= 0.6 is 23.2 Å². The molecule has 0 aromatic heterocycles. The Morgan fingerprint density at radius 1 is 1.32 bits per heavy atom. The first kappa shape index (κ1) is 17.4. The lowest BCUT2D eigenvalue weighted by molar-refractivity contribution is -0.0177. The summed E-state index contributed by atoms with van der Waals surface area (Å²) in [7, 11) is 0. The van der Waals surface area contributed by atoms with Gasteiger partial charge in [-0.25, -0.2) is 4.79 Å². The maximum absolute atomic E-state index is 12.4. The van der Waals surface area contributed by atoms with Crippen LogP contribution in [-0.2, 0) is 4.74 Å². The smallest absolute Gasteiger partial charge is 0.338 e. The van der Waals surface area contributed by atoms with Crippen LogP contribution in [0.3, 0.4) is 0 Å². The summed E-state index contributed by atoms with van der Waals surface area (Å²) in [5.74, 6) is 0.117. The van der Waals surface area contributed by atoms with E-state index < -0.39 is 0 Å². The quantitative estimate of drug-likeness (QED) is 0.442. The summed E-state index contributed by atoms with van der Waals surface area (Å²) < 4.78 is 5.77. The molecule has 0 aliphatic heterocycles. The second-order valence-corrected chi connectivity index (χ2v) is 7.16. The highest BCUT2D eigenvalue weighted by Crippen LogP contribution is 2.42. The van der Waals surface area contributed by atoms with Gasteiger partial charge >= 0.3 is 5.97 Å². The van der Waals surface area contributed by atoms with Crippen molar-refractivity contribution in [3.05, 3.63) is 48.6 Å². The lowest BCUT2D eigenvalue weighted by atomic mass is 9.71. The van der Waals surface area contributed by atoms with Crippen LogP contribution in [0.25, 0.3) is 0 Å². The fourth-order valence-electron chi connectivity index (χ4n) is 3.20. The van der Waals surface area contributed by atoms with Crippen LogP contribution in [0.4, 0.5) is 0 Å². The molecule has 0 amide bonds. The number of carbonyl (C=O) groups excluding carboxylic acids is 1. The van der Waals surface area contributed by atoms with Crippen LogP contribution in [-0.4, -0.2) is 22.8 Å². The van der Waals surface area contributed by atoms with Crippen LogP contribution in [0.15, 0.2) is 43.0 Å². The Hall–Kier alpha value is -0.990. The Labute approximate surface area is 142 Å². The molecule has 1 fully saturated rings. The van der Waals surface area contributed by atoms with Crippen LogP contribution in [0.5, 0.6) is 0 Å². The molecule has 1 aliphatic rings. The maximum Gasteiger partial charge on any atom is 0.338 e. The molecule has 2 nitrogen and oxygen atoms in total. The zero-order valence-electron chi connectivity index (χ0n) is 12.9. The second-order valence-electron chi connectivity index (χ2n) is 6.03. The molecule has 120 valence electrons.